The van der Waals surface area contributed by atoms with E-state index in [0.29, 0.717) is 12.0 Å². The van der Waals surface area contributed by atoms with Crippen molar-refractivity contribution >= 4 is 5.69 Å². The van der Waals surface area contributed by atoms with Gasteiger partial charge in [0.15, 0.2) is 0 Å². The number of likely N-dealkylation sites (tertiary alicyclic amines) is 1. The molecule has 3 heteroatoms. The summed E-state index contributed by atoms with van der Waals surface area (Å²) in [5, 5.41) is 0. The Bertz CT molecular complexity index is 360. The number of anilines is 1. The molecule has 2 rings (SSSR count). The molecule has 2 atom stereocenters. The van der Waals surface area contributed by atoms with E-state index in [1.54, 1.807) is 0 Å². The predicted molar refractivity (Wildman–Crippen MR) is 77.9 cm³/mol. The van der Waals surface area contributed by atoms with Crippen LogP contribution in [0.25, 0.3) is 0 Å². The summed E-state index contributed by atoms with van der Waals surface area (Å²) in [5.41, 5.74) is 8.59. The van der Waals surface area contributed by atoms with Crippen molar-refractivity contribution in [1.82, 2.24) is 4.90 Å². The first-order valence-corrected chi connectivity index (χ1v) is 6.88. The molecule has 1 aromatic rings. The van der Waals surface area contributed by atoms with Gasteiger partial charge < -0.3 is 10.6 Å². The highest BCUT2D eigenvalue weighted by atomic mass is 15.2. The van der Waals surface area contributed by atoms with Crippen LogP contribution in [-0.2, 0) is 0 Å². The number of benzene rings is 1. The summed E-state index contributed by atoms with van der Waals surface area (Å²) in [6.45, 7) is 5.31. The highest BCUT2D eigenvalue weighted by molar-refractivity contribution is 5.46. The maximum Gasteiger partial charge on any atom is 0.0388 e. The number of nitrogens with zero attached hydrogens (tertiary/aromatic N) is 2. The van der Waals surface area contributed by atoms with Crippen molar-refractivity contribution in [2.24, 2.45) is 11.7 Å². The minimum absolute atomic E-state index is 0.510. The van der Waals surface area contributed by atoms with Crippen LogP contribution in [0.4, 0.5) is 5.69 Å². The fourth-order valence-electron chi connectivity index (χ4n) is 2.98. The maximum atomic E-state index is 5.92. The SMILES string of the molecule is CCN1CCC(CN)C1c1ccc(N(C)C)cc1. The summed E-state index contributed by atoms with van der Waals surface area (Å²) in [5.74, 6) is 0.607. The molecule has 0 aromatic heterocycles. The topological polar surface area (TPSA) is 32.5 Å². The second-order valence-electron chi connectivity index (χ2n) is 5.34. The van der Waals surface area contributed by atoms with E-state index in [0.717, 1.165) is 13.1 Å². The first kappa shape index (κ1) is 13.4. The molecule has 1 aliphatic heterocycles. The average Bonchev–Trinajstić information content (AvgIpc) is 2.81. The van der Waals surface area contributed by atoms with E-state index in [1.807, 2.05) is 0 Å². The normalized spacial score (nSPS) is 24.4. The van der Waals surface area contributed by atoms with Gasteiger partial charge >= 0.3 is 0 Å². The number of hydrogen-bond acceptors (Lipinski definition) is 3. The average molecular weight is 247 g/mol. The van der Waals surface area contributed by atoms with Gasteiger partial charge in [0.05, 0.1) is 0 Å². The van der Waals surface area contributed by atoms with E-state index in [2.05, 4.69) is 55.1 Å². The molecule has 0 radical (unpaired) electrons. The minimum Gasteiger partial charge on any atom is -0.378 e. The second kappa shape index (κ2) is 5.72. The van der Waals surface area contributed by atoms with Crippen LogP contribution in [-0.4, -0.2) is 38.6 Å². The largest absolute Gasteiger partial charge is 0.378 e. The number of rotatable bonds is 4. The van der Waals surface area contributed by atoms with Crippen LogP contribution in [0.1, 0.15) is 24.9 Å². The molecule has 0 amide bonds. The molecule has 2 unspecified atom stereocenters. The lowest BCUT2D eigenvalue weighted by Crippen LogP contribution is -2.28. The minimum atomic E-state index is 0.510. The van der Waals surface area contributed by atoms with E-state index in [9.17, 15) is 0 Å². The van der Waals surface area contributed by atoms with Crippen molar-refractivity contribution in [1.29, 1.82) is 0 Å². The lowest BCUT2D eigenvalue weighted by Gasteiger charge is -2.27. The number of nitrogens with two attached hydrogens (primary N) is 1. The van der Waals surface area contributed by atoms with Gasteiger partial charge in [-0.2, -0.15) is 0 Å². The molecule has 100 valence electrons. The molecule has 0 saturated carbocycles. The van der Waals surface area contributed by atoms with Crippen molar-refractivity contribution in [3.63, 3.8) is 0 Å². The van der Waals surface area contributed by atoms with E-state index in [-0.39, 0.29) is 0 Å². The molecule has 1 aromatic carbocycles. The smallest absolute Gasteiger partial charge is 0.0388 e. The quantitative estimate of drug-likeness (QED) is 0.884. The standard InChI is InChI=1S/C15H25N3/c1-4-18-10-9-13(11-16)15(18)12-5-7-14(8-6-12)17(2)3/h5-8,13,15H,4,9-11,16H2,1-3H3. The van der Waals surface area contributed by atoms with Gasteiger partial charge in [0, 0.05) is 25.8 Å². The highest BCUT2D eigenvalue weighted by Gasteiger charge is 2.33. The molecule has 1 heterocycles. The molecule has 0 spiro atoms. The van der Waals surface area contributed by atoms with Crippen molar-refractivity contribution in [2.45, 2.75) is 19.4 Å². The molecule has 1 saturated heterocycles. The third-order valence-corrected chi connectivity index (χ3v) is 4.09. The summed E-state index contributed by atoms with van der Waals surface area (Å²) in [6.07, 6.45) is 1.23. The van der Waals surface area contributed by atoms with Crippen LogP contribution in [0, 0.1) is 5.92 Å². The van der Waals surface area contributed by atoms with E-state index >= 15 is 0 Å². The van der Waals surface area contributed by atoms with Crippen LogP contribution in [0.2, 0.25) is 0 Å². The third kappa shape index (κ3) is 2.52. The van der Waals surface area contributed by atoms with Gasteiger partial charge in [0.1, 0.15) is 0 Å². The van der Waals surface area contributed by atoms with Gasteiger partial charge in [-0.25, -0.2) is 0 Å². The van der Waals surface area contributed by atoms with Crippen LogP contribution >= 0.6 is 0 Å². The zero-order valence-electron chi connectivity index (χ0n) is 11.8. The zero-order valence-corrected chi connectivity index (χ0v) is 11.8. The first-order valence-electron chi connectivity index (χ1n) is 6.88. The molecule has 18 heavy (non-hydrogen) atoms. The van der Waals surface area contributed by atoms with Crippen LogP contribution < -0.4 is 10.6 Å². The molecule has 3 nitrogen and oxygen atoms in total. The van der Waals surface area contributed by atoms with Crippen LogP contribution in [0.5, 0.6) is 0 Å². The Balaban J connectivity index is 2.22. The Morgan fingerprint density at radius 3 is 2.44 bits per heavy atom. The molecule has 0 aliphatic carbocycles. The predicted octanol–water partition coefficient (Wildman–Crippen LogP) is 2.09. The summed E-state index contributed by atoms with van der Waals surface area (Å²) in [7, 11) is 4.15. The Kier molecular flexibility index (Phi) is 4.25. The Hall–Kier alpha value is -1.06. The second-order valence-corrected chi connectivity index (χ2v) is 5.34. The van der Waals surface area contributed by atoms with Crippen LogP contribution in [0.15, 0.2) is 24.3 Å². The van der Waals surface area contributed by atoms with Crippen molar-refractivity contribution in [3.8, 4) is 0 Å². The fourth-order valence-corrected chi connectivity index (χ4v) is 2.98. The summed E-state index contributed by atoms with van der Waals surface area (Å²) < 4.78 is 0. The van der Waals surface area contributed by atoms with E-state index in [4.69, 9.17) is 5.73 Å². The molecule has 2 N–H and O–H groups in total. The number of hydrogen-bond donors (Lipinski definition) is 1. The fraction of sp³-hybridized carbons (Fsp3) is 0.600. The molecular formula is C15H25N3. The van der Waals surface area contributed by atoms with Crippen molar-refractivity contribution in [3.05, 3.63) is 29.8 Å². The van der Waals surface area contributed by atoms with Gasteiger partial charge in [0.2, 0.25) is 0 Å². The highest BCUT2D eigenvalue weighted by Crippen LogP contribution is 2.36. The monoisotopic (exact) mass is 247 g/mol. The van der Waals surface area contributed by atoms with Gasteiger partial charge in [-0.05, 0) is 49.7 Å². The van der Waals surface area contributed by atoms with E-state index < -0.39 is 0 Å². The van der Waals surface area contributed by atoms with Gasteiger partial charge in [-0.15, -0.1) is 0 Å². The molecular weight excluding hydrogens is 222 g/mol. The van der Waals surface area contributed by atoms with Crippen molar-refractivity contribution in [2.75, 3.05) is 38.6 Å². The Morgan fingerprint density at radius 2 is 1.94 bits per heavy atom. The zero-order chi connectivity index (χ0) is 13.1. The van der Waals surface area contributed by atoms with Gasteiger partial charge in [-0.1, -0.05) is 19.1 Å². The Morgan fingerprint density at radius 1 is 1.28 bits per heavy atom. The van der Waals surface area contributed by atoms with Crippen LogP contribution in [0.3, 0.4) is 0 Å². The van der Waals surface area contributed by atoms with Gasteiger partial charge in [-0.3, -0.25) is 4.90 Å². The molecule has 1 fully saturated rings. The molecule has 1 aliphatic rings. The maximum absolute atomic E-state index is 5.92. The van der Waals surface area contributed by atoms with E-state index in [1.165, 1.54) is 24.2 Å². The summed E-state index contributed by atoms with van der Waals surface area (Å²) >= 11 is 0. The third-order valence-electron chi connectivity index (χ3n) is 4.09. The van der Waals surface area contributed by atoms with Gasteiger partial charge in [0.25, 0.3) is 0 Å². The first-order chi connectivity index (χ1) is 8.67. The molecule has 0 bridgehead atoms. The lowest BCUT2D eigenvalue weighted by atomic mass is 9.93. The summed E-state index contributed by atoms with van der Waals surface area (Å²) in [6, 6.07) is 9.44. The van der Waals surface area contributed by atoms with Crippen molar-refractivity contribution < 1.29 is 0 Å². The lowest BCUT2D eigenvalue weighted by molar-refractivity contribution is 0.242. The summed E-state index contributed by atoms with van der Waals surface area (Å²) in [4.78, 5) is 4.68. The Labute approximate surface area is 111 Å².